The molecule has 88 valence electrons. The molecule has 3 nitrogen and oxygen atoms in total. The molecule has 0 amide bonds. The number of nitrogen functional groups attached to an aromatic ring is 1. The van der Waals surface area contributed by atoms with Crippen LogP contribution in [0.25, 0.3) is 11.3 Å². The Morgan fingerprint density at radius 3 is 2.35 bits per heavy atom. The molecule has 2 rings (SSSR count). The summed E-state index contributed by atoms with van der Waals surface area (Å²) in [5.41, 5.74) is 9.07. The summed E-state index contributed by atoms with van der Waals surface area (Å²) in [4.78, 5) is 8.06. The number of nitrogens with zero attached hydrogens (tertiary/aromatic N) is 2. The number of halogens is 1. The molecule has 17 heavy (non-hydrogen) atoms. The van der Waals surface area contributed by atoms with Crippen molar-refractivity contribution in [1.29, 1.82) is 0 Å². The molecule has 1 aromatic heterocycles. The molecule has 1 heterocycles. The Bertz CT molecular complexity index is 536. The lowest BCUT2D eigenvalue weighted by molar-refractivity contribution is 0.628. The van der Waals surface area contributed by atoms with Crippen LogP contribution in [0.2, 0.25) is 0 Å². The van der Waals surface area contributed by atoms with E-state index < -0.39 is 0 Å². The maximum Gasteiger partial charge on any atom is 0.220 e. The van der Waals surface area contributed by atoms with Crippen LogP contribution < -0.4 is 5.73 Å². The third kappa shape index (κ3) is 2.25. The van der Waals surface area contributed by atoms with Crippen LogP contribution in [0.4, 0.5) is 10.3 Å². The molecule has 2 N–H and O–H groups in total. The minimum Gasteiger partial charge on any atom is -0.368 e. The van der Waals surface area contributed by atoms with Gasteiger partial charge in [-0.25, -0.2) is 14.4 Å². The standard InChI is InChI=1S/C13H14FN3/c1-7-4-8(2)12(10(14)5-7)11-6-9(3)16-13(15)17-11/h4-6H,1-3H3,(H2,15,16,17). The first-order valence-electron chi connectivity index (χ1n) is 5.35. The van der Waals surface area contributed by atoms with Gasteiger partial charge in [0.1, 0.15) is 5.82 Å². The zero-order chi connectivity index (χ0) is 12.6. The minimum atomic E-state index is -0.278. The highest BCUT2D eigenvalue weighted by molar-refractivity contribution is 5.65. The maximum absolute atomic E-state index is 14.0. The monoisotopic (exact) mass is 231 g/mol. The lowest BCUT2D eigenvalue weighted by atomic mass is 10.0. The number of nitrogens with two attached hydrogens (primary N) is 1. The fourth-order valence-electron chi connectivity index (χ4n) is 1.96. The van der Waals surface area contributed by atoms with E-state index in [2.05, 4.69) is 9.97 Å². The number of hydrogen-bond donors (Lipinski definition) is 1. The van der Waals surface area contributed by atoms with Gasteiger partial charge < -0.3 is 5.73 Å². The minimum absolute atomic E-state index is 0.166. The summed E-state index contributed by atoms with van der Waals surface area (Å²) in [7, 11) is 0. The van der Waals surface area contributed by atoms with E-state index in [1.807, 2.05) is 26.8 Å². The lowest BCUT2D eigenvalue weighted by Gasteiger charge is -2.09. The SMILES string of the molecule is Cc1cc(C)c(-c2cc(C)nc(N)n2)c(F)c1. The molecule has 0 radical (unpaired) electrons. The third-order valence-corrected chi connectivity index (χ3v) is 2.56. The molecule has 0 saturated heterocycles. The molecule has 1 aromatic carbocycles. The summed E-state index contributed by atoms with van der Waals surface area (Å²) in [6, 6.07) is 5.15. The molecular weight excluding hydrogens is 217 g/mol. The predicted octanol–water partition coefficient (Wildman–Crippen LogP) is 2.79. The molecule has 0 saturated carbocycles. The topological polar surface area (TPSA) is 51.8 Å². The maximum atomic E-state index is 14.0. The lowest BCUT2D eigenvalue weighted by Crippen LogP contribution is -2.00. The van der Waals surface area contributed by atoms with Crippen LogP contribution in [0.3, 0.4) is 0 Å². The van der Waals surface area contributed by atoms with Gasteiger partial charge in [-0.05, 0) is 44.0 Å². The number of aryl methyl sites for hydroxylation is 3. The molecule has 0 aliphatic heterocycles. The molecule has 0 atom stereocenters. The molecule has 0 unspecified atom stereocenters. The fourth-order valence-corrected chi connectivity index (χ4v) is 1.96. The van der Waals surface area contributed by atoms with E-state index in [9.17, 15) is 4.39 Å². The molecule has 0 aliphatic rings. The van der Waals surface area contributed by atoms with Gasteiger partial charge in [0.2, 0.25) is 5.95 Å². The third-order valence-electron chi connectivity index (χ3n) is 2.56. The second-order valence-corrected chi connectivity index (χ2v) is 4.19. The van der Waals surface area contributed by atoms with Crippen molar-refractivity contribution in [3.05, 3.63) is 40.8 Å². The highest BCUT2D eigenvalue weighted by Crippen LogP contribution is 2.26. The van der Waals surface area contributed by atoms with Gasteiger partial charge in [-0.1, -0.05) is 6.07 Å². The number of benzene rings is 1. The van der Waals surface area contributed by atoms with Crippen molar-refractivity contribution in [1.82, 2.24) is 9.97 Å². The van der Waals surface area contributed by atoms with Crippen LogP contribution in [0.5, 0.6) is 0 Å². The smallest absolute Gasteiger partial charge is 0.220 e. The second-order valence-electron chi connectivity index (χ2n) is 4.19. The van der Waals surface area contributed by atoms with Gasteiger partial charge in [0.25, 0.3) is 0 Å². The summed E-state index contributed by atoms with van der Waals surface area (Å²) in [5.74, 6) is -0.112. The zero-order valence-electron chi connectivity index (χ0n) is 10.1. The summed E-state index contributed by atoms with van der Waals surface area (Å²) in [6.45, 7) is 5.53. The predicted molar refractivity (Wildman–Crippen MR) is 66.0 cm³/mol. The molecule has 0 spiro atoms. The van der Waals surface area contributed by atoms with E-state index in [1.165, 1.54) is 6.07 Å². The summed E-state index contributed by atoms with van der Waals surface area (Å²) in [5, 5.41) is 0. The van der Waals surface area contributed by atoms with Crippen LogP contribution in [0.15, 0.2) is 18.2 Å². The molecular formula is C13H14FN3. The summed E-state index contributed by atoms with van der Waals surface area (Å²) < 4.78 is 14.0. The Hall–Kier alpha value is -1.97. The quantitative estimate of drug-likeness (QED) is 0.821. The Morgan fingerprint density at radius 2 is 1.76 bits per heavy atom. The largest absolute Gasteiger partial charge is 0.368 e. The van der Waals surface area contributed by atoms with Gasteiger partial charge in [0, 0.05) is 11.3 Å². The van der Waals surface area contributed by atoms with Gasteiger partial charge in [-0.3, -0.25) is 0 Å². The van der Waals surface area contributed by atoms with Crippen molar-refractivity contribution < 1.29 is 4.39 Å². The van der Waals surface area contributed by atoms with Crippen molar-refractivity contribution in [2.24, 2.45) is 0 Å². The Balaban J connectivity index is 2.68. The van der Waals surface area contributed by atoms with Crippen LogP contribution in [0.1, 0.15) is 16.8 Å². The first-order valence-corrected chi connectivity index (χ1v) is 5.35. The van der Waals surface area contributed by atoms with Crippen LogP contribution in [0, 0.1) is 26.6 Å². The van der Waals surface area contributed by atoms with E-state index in [4.69, 9.17) is 5.73 Å². The number of anilines is 1. The average Bonchev–Trinajstić information content (AvgIpc) is 2.13. The first-order chi connectivity index (χ1) is 7.97. The van der Waals surface area contributed by atoms with Gasteiger partial charge >= 0.3 is 0 Å². The van der Waals surface area contributed by atoms with E-state index in [1.54, 1.807) is 6.07 Å². The Morgan fingerprint density at radius 1 is 1.06 bits per heavy atom. The molecule has 4 heteroatoms. The average molecular weight is 231 g/mol. The number of hydrogen-bond acceptors (Lipinski definition) is 3. The summed E-state index contributed by atoms with van der Waals surface area (Å²) >= 11 is 0. The van der Waals surface area contributed by atoms with Crippen LogP contribution in [-0.2, 0) is 0 Å². The molecule has 0 fully saturated rings. The van der Waals surface area contributed by atoms with Gasteiger partial charge in [-0.2, -0.15) is 0 Å². The van der Waals surface area contributed by atoms with E-state index in [-0.39, 0.29) is 11.8 Å². The number of rotatable bonds is 1. The van der Waals surface area contributed by atoms with Crippen molar-refractivity contribution in [2.45, 2.75) is 20.8 Å². The van der Waals surface area contributed by atoms with Crippen LogP contribution in [-0.4, -0.2) is 9.97 Å². The van der Waals surface area contributed by atoms with Crippen molar-refractivity contribution in [2.75, 3.05) is 5.73 Å². The Labute approximate surface area is 99.5 Å². The molecule has 0 aliphatic carbocycles. The zero-order valence-corrected chi connectivity index (χ0v) is 10.1. The van der Waals surface area contributed by atoms with Gasteiger partial charge in [0.15, 0.2) is 0 Å². The summed E-state index contributed by atoms with van der Waals surface area (Å²) in [6.07, 6.45) is 0. The van der Waals surface area contributed by atoms with Crippen molar-refractivity contribution in [3.63, 3.8) is 0 Å². The van der Waals surface area contributed by atoms with E-state index in [0.29, 0.717) is 11.3 Å². The van der Waals surface area contributed by atoms with Crippen molar-refractivity contribution in [3.8, 4) is 11.3 Å². The van der Waals surface area contributed by atoms with E-state index >= 15 is 0 Å². The second kappa shape index (κ2) is 4.13. The highest BCUT2D eigenvalue weighted by Gasteiger charge is 2.12. The van der Waals surface area contributed by atoms with E-state index in [0.717, 1.165) is 16.8 Å². The van der Waals surface area contributed by atoms with Gasteiger partial charge in [-0.15, -0.1) is 0 Å². The van der Waals surface area contributed by atoms with Gasteiger partial charge in [0.05, 0.1) is 5.69 Å². The van der Waals surface area contributed by atoms with Crippen LogP contribution >= 0.6 is 0 Å². The molecule has 0 bridgehead atoms. The molecule has 2 aromatic rings. The highest BCUT2D eigenvalue weighted by atomic mass is 19.1. The van der Waals surface area contributed by atoms with Crippen molar-refractivity contribution >= 4 is 5.95 Å². The normalized spacial score (nSPS) is 10.6. The Kier molecular flexibility index (Phi) is 2.79. The number of aromatic nitrogens is 2. The fraction of sp³-hybridized carbons (Fsp3) is 0.231. The first kappa shape index (κ1) is 11.5.